The fraction of sp³-hybridized carbons (Fsp3) is 0.500. The highest BCUT2D eigenvalue weighted by Gasteiger charge is 2.42. The molecule has 3 rings (SSSR count). The molecule has 140 valence electrons. The maximum Gasteiger partial charge on any atom is 0.224 e. The molecule has 1 heterocycles. The van der Waals surface area contributed by atoms with Crippen LogP contribution >= 0.6 is 0 Å². The van der Waals surface area contributed by atoms with Gasteiger partial charge in [0.15, 0.2) is 0 Å². The highest BCUT2D eigenvalue weighted by molar-refractivity contribution is 6.06. The number of carbonyl (C=O) groups excluding carboxylic acids is 1. The lowest BCUT2D eigenvalue weighted by Gasteiger charge is -2.45. The zero-order valence-corrected chi connectivity index (χ0v) is 15.3. The van der Waals surface area contributed by atoms with Crippen LogP contribution < -0.4 is 26.4 Å². The number of aliphatic imine (C=N–C) groups is 2. The molecule has 26 heavy (non-hydrogen) atoms. The van der Waals surface area contributed by atoms with Crippen molar-refractivity contribution in [2.24, 2.45) is 21.5 Å². The van der Waals surface area contributed by atoms with Crippen molar-refractivity contribution in [3.8, 4) is 5.75 Å². The van der Waals surface area contributed by atoms with Gasteiger partial charge in [-0.3, -0.25) is 9.69 Å². The molecule has 1 saturated carbocycles. The minimum Gasteiger partial charge on any atom is -0.495 e. The first-order valence-electron chi connectivity index (χ1n) is 8.96. The van der Waals surface area contributed by atoms with Crippen LogP contribution in [0.2, 0.25) is 0 Å². The predicted octanol–water partition coefficient (Wildman–Crippen LogP) is 2.15. The summed E-state index contributed by atoms with van der Waals surface area (Å²) in [4.78, 5) is 22.6. The van der Waals surface area contributed by atoms with E-state index in [0.29, 0.717) is 23.8 Å². The molecule has 2 aliphatic rings. The summed E-state index contributed by atoms with van der Waals surface area (Å²) in [7, 11) is 1.57. The molecule has 1 spiro atoms. The Morgan fingerprint density at radius 3 is 2.69 bits per heavy atom. The Bertz CT molecular complexity index is 752. The van der Waals surface area contributed by atoms with Gasteiger partial charge in [-0.2, -0.15) is 4.99 Å². The molecule has 1 aliphatic heterocycles. The van der Waals surface area contributed by atoms with Crippen molar-refractivity contribution in [2.45, 2.75) is 51.1 Å². The molecule has 0 bridgehead atoms. The summed E-state index contributed by atoms with van der Waals surface area (Å²) in [6.07, 6.45) is 5.36. The molecule has 5 N–H and O–H groups in total. The van der Waals surface area contributed by atoms with Crippen molar-refractivity contribution in [1.82, 2.24) is 0 Å². The summed E-state index contributed by atoms with van der Waals surface area (Å²) < 4.78 is 5.37. The average Bonchev–Trinajstić information content (AvgIpc) is 2.61. The van der Waals surface area contributed by atoms with Gasteiger partial charge in [-0.1, -0.05) is 13.3 Å². The number of rotatable bonds is 4. The second-order valence-electron chi connectivity index (χ2n) is 6.60. The molecule has 0 aromatic heterocycles. The van der Waals surface area contributed by atoms with Gasteiger partial charge in [-0.05, 0) is 43.9 Å². The molecule has 0 unspecified atom stereocenters. The Hall–Kier alpha value is -2.77. The third-order valence-electron chi connectivity index (χ3n) is 4.89. The van der Waals surface area contributed by atoms with Gasteiger partial charge in [0.25, 0.3) is 0 Å². The molecular formula is C18H26N6O2. The molecule has 8 heteroatoms. The van der Waals surface area contributed by atoms with Crippen LogP contribution in [-0.2, 0) is 4.79 Å². The smallest absolute Gasteiger partial charge is 0.224 e. The Balaban J connectivity index is 2.04. The third-order valence-corrected chi connectivity index (χ3v) is 4.89. The van der Waals surface area contributed by atoms with Crippen LogP contribution in [0.15, 0.2) is 28.2 Å². The first-order chi connectivity index (χ1) is 12.5. The first kappa shape index (κ1) is 18.0. The van der Waals surface area contributed by atoms with E-state index >= 15 is 0 Å². The number of nitrogens with two attached hydrogens (primary N) is 2. The summed E-state index contributed by atoms with van der Waals surface area (Å²) in [5.74, 6) is 1.03. The molecular weight excluding hydrogens is 332 g/mol. The normalized spacial score (nSPS) is 18.9. The number of anilines is 2. The van der Waals surface area contributed by atoms with E-state index in [1.807, 2.05) is 23.1 Å². The van der Waals surface area contributed by atoms with Crippen molar-refractivity contribution < 1.29 is 9.53 Å². The van der Waals surface area contributed by atoms with Crippen molar-refractivity contribution in [2.75, 3.05) is 17.3 Å². The van der Waals surface area contributed by atoms with E-state index in [0.717, 1.165) is 31.4 Å². The second-order valence-corrected chi connectivity index (χ2v) is 6.60. The summed E-state index contributed by atoms with van der Waals surface area (Å²) in [6, 6.07) is 5.56. The van der Waals surface area contributed by atoms with E-state index in [-0.39, 0.29) is 11.9 Å². The lowest BCUT2D eigenvalue weighted by molar-refractivity contribution is -0.115. The number of nitrogens with zero attached hydrogens (tertiary/aromatic N) is 3. The molecule has 1 fully saturated rings. The lowest BCUT2D eigenvalue weighted by Crippen LogP contribution is -2.58. The molecule has 1 aliphatic carbocycles. The van der Waals surface area contributed by atoms with Gasteiger partial charge in [-0.25, -0.2) is 4.99 Å². The van der Waals surface area contributed by atoms with Crippen LogP contribution in [0.4, 0.5) is 11.4 Å². The van der Waals surface area contributed by atoms with Crippen molar-refractivity contribution in [3.05, 3.63) is 18.2 Å². The average molecular weight is 358 g/mol. The predicted molar refractivity (Wildman–Crippen MR) is 103 cm³/mol. The monoisotopic (exact) mass is 358 g/mol. The van der Waals surface area contributed by atoms with Crippen molar-refractivity contribution >= 4 is 29.2 Å². The highest BCUT2D eigenvalue weighted by atomic mass is 16.5. The van der Waals surface area contributed by atoms with Gasteiger partial charge in [0, 0.05) is 12.1 Å². The van der Waals surface area contributed by atoms with Crippen molar-refractivity contribution in [3.63, 3.8) is 0 Å². The Morgan fingerprint density at radius 1 is 1.31 bits per heavy atom. The summed E-state index contributed by atoms with van der Waals surface area (Å²) in [5.41, 5.74) is 13.0. The highest BCUT2D eigenvalue weighted by Crippen LogP contribution is 2.41. The number of nitrogens with one attached hydrogen (secondary N) is 1. The summed E-state index contributed by atoms with van der Waals surface area (Å²) in [6.45, 7) is 1.80. The van der Waals surface area contributed by atoms with Crippen LogP contribution in [-0.4, -0.2) is 30.6 Å². The number of methoxy groups -OCH3 is 1. The van der Waals surface area contributed by atoms with Crippen LogP contribution in [0.25, 0.3) is 0 Å². The van der Waals surface area contributed by atoms with Gasteiger partial charge in [0.1, 0.15) is 11.4 Å². The Kier molecular flexibility index (Phi) is 5.01. The van der Waals surface area contributed by atoms with E-state index < -0.39 is 5.66 Å². The van der Waals surface area contributed by atoms with Gasteiger partial charge in [0.05, 0.1) is 12.8 Å². The van der Waals surface area contributed by atoms with Crippen LogP contribution in [0, 0.1) is 0 Å². The third kappa shape index (κ3) is 3.31. The van der Waals surface area contributed by atoms with Crippen LogP contribution in [0.5, 0.6) is 5.75 Å². The molecule has 0 atom stereocenters. The largest absolute Gasteiger partial charge is 0.495 e. The zero-order valence-electron chi connectivity index (χ0n) is 15.3. The second kappa shape index (κ2) is 7.23. The maximum atomic E-state index is 11.9. The molecule has 1 aromatic rings. The molecule has 1 amide bonds. The van der Waals surface area contributed by atoms with Gasteiger partial charge < -0.3 is 21.5 Å². The standard InChI is InChI=1S/C18H26N6O2/c1-3-15(25)21-13-11-12(7-8-14(13)26-2)24-17(20)22-16(19)23-18(24)9-5-4-6-10-18/h7-8,11H,3-6,9-10H2,1-2H3,(H,21,25)(H4,19,20,22,23). The molecule has 0 radical (unpaired) electrons. The van der Waals surface area contributed by atoms with E-state index in [4.69, 9.17) is 16.2 Å². The number of benzene rings is 1. The van der Waals surface area contributed by atoms with E-state index in [2.05, 4.69) is 15.3 Å². The number of ether oxygens (including phenoxy) is 1. The first-order valence-corrected chi connectivity index (χ1v) is 8.96. The summed E-state index contributed by atoms with van der Waals surface area (Å²) in [5, 5.41) is 2.87. The van der Waals surface area contributed by atoms with Gasteiger partial charge in [0.2, 0.25) is 17.8 Å². The molecule has 8 nitrogen and oxygen atoms in total. The number of guanidine groups is 2. The van der Waals surface area contributed by atoms with Crippen LogP contribution in [0.3, 0.4) is 0 Å². The molecule has 1 aromatic carbocycles. The number of hydrogen-bond donors (Lipinski definition) is 3. The van der Waals surface area contributed by atoms with Crippen LogP contribution in [0.1, 0.15) is 45.4 Å². The fourth-order valence-electron chi connectivity index (χ4n) is 3.67. The number of carbonyl (C=O) groups is 1. The van der Waals surface area contributed by atoms with E-state index in [1.54, 1.807) is 14.0 Å². The van der Waals surface area contributed by atoms with Crippen molar-refractivity contribution in [1.29, 1.82) is 0 Å². The topological polar surface area (TPSA) is 118 Å². The number of hydrogen-bond acceptors (Lipinski definition) is 7. The maximum absolute atomic E-state index is 11.9. The fourth-order valence-corrected chi connectivity index (χ4v) is 3.67. The minimum atomic E-state index is -0.519. The minimum absolute atomic E-state index is 0.0876. The Morgan fingerprint density at radius 2 is 2.04 bits per heavy atom. The van der Waals surface area contributed by atoms with Gasteiger partial charge in [-0.15, -0.1) is 0 Å². The Labute approximate surface area is 153 Å². The lowest BCUT2D eigenvalue weighted by atomic mass is 9.87. The van der Waals surface area contributed by atoms with E-state index in [1.165, 1.54) is 6.42 Å². The summed E-state index contributed by atoms with van der Waals surface area (Å²) >= 11 is 0. The van der Waals surface area contributed by atoms with Gasteiger partial charge >= 0.3 is 0 Å². The zero-order chi connectivity index (χ0) is 18.7. The molecule has 0 saturated heterocycles. The number of amides is 1. The quantitative estimate of drug-likeness (QED) is 0.762. The SMILES string of the molecule is CCC(=O)Nc1cc(N2C(N)=NC(N)=NC23CCCCC3)ccc1OC. The van der Waals surface area contributed by atoms with E-state index in [9.17, 15) is 4.79 Å².